The lowest BCUT2D eigenvalue weighted by atomic mass is 9.95. The van der Waals surface area contributed by atoms with Gasteiger partial charge in [-0.15, -0.1) is 0 Å². The molecule has 1 N–H and O–H groups in total. The van der Waals surface area contributed by atoms with Crippen LogP contribution in [0.4, 0.5) is 0 Å². The van der Waals surface area contributed by atoms with E-state index in [2.05, 4.69) is 6.07 Å². The number of aliphatic hydroxyl groups excluding tert-OH is 1. The molecule has 0 fully saturated rings. The lowest BCUT2D eigenvalue weighted by molar-refractivity contribution is 0.192. The Balaban J connectivity index is 3.76. The van der Waals surface area contributed by atoms with Gasteiger partial charge < -0.3 is 10.0 Å². The fraction of sp³-hybridized carbons (Fsp3) is 0.875. The van der Waals surface area contributed by atoms with Gasteiger partial charge in [0.2, 0.25) is 0 Å². The Morgan fingerprint density at radius 1 is 1.55 bits per heavy atom. The van der Waals surface area contributed by atoms with Crippen LogP contribution in [0.1, 0.15) is 13.8 Å². The highest BCUT2D eigenvalue weighted by atomic mass is 16.3. The van der Waals surface area contributed by atoms with Gasteiger partial charge in [0.05, 0.1) is 18.1 Å². The minimum Gasteiger partial charge on any atom is -0.395 e. The smallest absolute Gasteiger partial charge is 0.0697 e. The van der Waals surface area contributed by atoms with Gasteiger partial charge in [-0.3, -0.25) is 0 Å². The highest BCUT2D eigenvalue weighted by Crippen LogP contribution is 2.13. The summed E-state index contributed by atoms with van der Waals surface area (Å²) in [4.78, 5) is 1.95. The topological polar surface area (TPSA) is 47.3 Å². The van der Waals surface area contributed by atoms with Crippen molar-refractivity contribution >= 4 is 0 Å². The summed E-state index contributed by atoms with van der Waals surface area (Å²) in [6, 6.07) is 2.21. The lowest BCUT2D eigenvalue weighted by Crippen LogP contribution is -2.32. The van der Waals surface area contributed by atoms with Crippen LogP contribution >= 0.6 is 0 Å². The van der Waals surface area contributed by atoms with Crippen molar-refractivity contribution in [3.63, 3.8) is 0 Å². The second-order valence-corrected chi connectivity index (χ2v) is 3.46. The summed E-state index contributed by atoms with van der Waals surface area (Å²) in [6.07, 6.45) is 0. The van der Waals surface area contributed by atoms with Crippen LogP contribution in [0.15, 0.2) is 0 Å². The summed E-state index contributed by atoms with van der Waals surface area (Å²) in [7, 11) is 1.90. The molecule has 0 aromatic carbocycles. The first-order valence-electron chi connectivity index (χ1n) is 3.72. The number of hydrogen-bond donors (Lipinski definition) is 1. The van der Waals surface area contributed by atoms with Crippen molar-refractivity contribution in [1.82, 2.24) is 4.90 Å². The first kappa shape index (κ1) is 10.4. The van der Waals surface area contributed by atoms with Crippen LogP contribution in [0.25, 0.3) is 0 Å². The van der Waals surface area contributed by atoms with E-state index >= 15 is 0 Å². The molecule has 64 valence electrons. The molecular weight excluding hydrogens is 140 g/mol. The molecule has 0 atom stereocenters. The fourth-order valence-corrected chi connectivity index (χ4v) is 0.960. The number of nitrogens with zero attached hydrogens (tertiary/aromatic N) is 2. The van der Waals surface area contributed by atoms with Crippen LogP contribution in [-0.4, -0.2) is 36.8 Å². The molecule has 0 bridgehead atoms. The molecule has 11 heavy (non-hydrogen) atoms. The monoisotopic (exact) mass is 156 g/mol. The first-order valence-corrected chi connectivity index (χ1v) is 3.72. The van der Waals surface area contributed by atoms with E-state index in [1.54, 1.807) is 0 Å². The predicted molar refractivity (Wildman–Crippen MR) is 44.0 cm³/mol. The average Bonchev–Trinajstić information content (AvgIpc) is 1.87. The van der Waals surface area contributed by atoms with Gasteiger partial charge in [0, 0.05) is 13.1 Å². The van der Waals surface area contributed by atoms with Gasteiger partial charge in [-0.25, -0.2) is 0 Å². The molecular formula is C8H16N2O. The van der Waals surface area contributed by atoms with E-state index in [0.717, 1.165) is 0 Å². The van der Waals surface area contributed by atoms with Gasteiger partial charge in [0.1, 0.15) is 0 Å². The molecule has 0 unspecified atom stereocenters. The van der Waals surface area contributed by atoms with Gasteiger partial charge in [-0.2, -0.15) is 5.26 Å². The van der Waals surface area contributed by atoms with Crippen LogP contribution in [0.3, 0.4) is 0 Å². The standard InChI is InChI=1S/C8H16N2O/c1-8(2,6-9)7-10(3)4-5-11/h11H,4-5,7H2,1-3H3. The number of nitriles is 1. The summed E-state index contributed by atoms with van der Waals surface area (Å²) >= 11 is 0. The van der Waals surface area contributed by atoms with Crippen molar-refractivity contribution in [2.45, 2.75) is 13.8 Å². The maximum Gasteiger partial charge on any atom is 0.0697 e. The van der Waals surface area contributed by atoms with Crippen LogP contribution in [0, 0.1) is 16.7 Å². The SMILES string of the molecule is CN(CCO)CC(C)(C)C#N. The molecule has 0 aliphatic carbocycles. The molecule has 0 rings (SSSR count). The second-order valence-electron chi connectivity index (χ2n) is 3.46. The van der Waals surface area contributed by atoms with Crippen molar-refractivity contribution in [3.05, 3.63) is 0 Å². The zero-order valence-electron chi connectivity index (χ0n) is 7.46. The number of likely N-dealkylation sites (N-methyl/N-ethyl adjacent to an activating group) is 1. The molecule has 0 amide bonds. The molecule has 0 aromatic rings. The molecule has 0 saturated heterocycles. The van der Waals surface area contributed by atoms with Crippen LogP contribution < -0.4 is 0 Å². The first-order chi connectivity index (χ1) is 5.02. The maximum absolute atomic E-state index is 8.67. The zero-order chi connectivity index (χ0) is 8.91. The van der Waals surface area contributed by atoms with Crippen LogP contribution in [0.5, 0.6) is 0 Å². The summed E-state index contributed by atoms with van der Waals surface area (Å²) in [6.45, 7) is 5.26. The minimum absolute atomic E-state index is 0.151. The van der Waals surface area contributed by atoms with E-state index in [1.165, 1.54) is 0 Å². The third-order valence-corrected chi connectivity index (χ3v) is 1.45. The van der Waals surface area contributed by atoms with Gasteiger partial charge in [-0.1, -0.05) is 0 Å². The second kappa shape index (κ2) is 4.32. The molecule has 0 aliphatic rings. The molecule has 0 aliphatic heterocycles. The minimum atomic E-state index is -0.316. The van der Waals surface area contributed by atoms with E-state index in [9.17, 15) is 0 Å². The summed E-state index contributed by atoms with van der Waals surface area (Å²) in [5, 5.41) is 17.3. The Bertz CT molecular complexity index is 149. The molecule has 0 spiro atoms. The van der Waals surface area contributed by atoms with Crippen molar-refractivity contribution < 1.29 is 5.11 Å². The largest absolute Gasteiger partial charge is 0.395 e. The van der Waals surface area contributed by atoms with E-state index in [1.807, 2.05) is 25.8 Å². The van der Waals surface area contributed by atoms with E-state index in [-0.39, 0.29) is 12.0 Å². The highest BCUT2D eigenvalue weighted by Gasteiger charge is 2.18. The third-order valence-electron chi connectivity index (χ3n) is 1.45. The van der Waals surface area contributed by atoms with Crippen molar-refractivity contribution in [2.75, 3.05) is 26.7 Å². The van der Waals surface area contributed by atoms with E-state index < -0.39 is 0 Å². The van der Waals surface area contributed by atoms with Gasteiger partial charge >= 0.3 is 0 Å². The molecule has 3 nitrogen and oxygen atoms in total. The Morgan fingerprint density at radius 2 is 2.09 bits per heavy atom. The van der Waals surface area contributed by atoms with Gasteiger partial charge in [0.25, 0.3) is 0 Å². The maximum atomic E-state index is 8.67. The number of aliphatic hydroxyl groups is 1. The summed E-state index contributed by atoms with van der Waals surface area (Å²) < 4.78 is 0. The average molecular weight is 156 g/mol. The lowest BCUT2D eigenvalue weighted by Gasteiger charge is -2.23. The van der Waals surface area contributed by atoms with E-state index in [0.29, 0.717) is 13.1 Å². The quantitative estimate of drug-likeness (QED) is 0.643. The summed E-state index contributed by atoms with van der Waals surface area (Å²) in [5.41, 5.74) is -0.316. The number of hydrogen-bond acceptors (Lipinski definition) is 3. The Hall–Kier alpha value is -0.590. The normalized spacial score (nSPS) is 11.6. The van der Waals surface area contributed by atoms with Gasteiger partial charge in [-0.05, 0) is 20.9 Å². The Kier molecular flexibility index (Phi) is 4.09. The fourth-order valence-electron chi connectivity index (χ4n) is 0.960. The Morgan fingerprint density at radius 3 is 2.45 bits per heavy atom. The van der Waals surface area contributed by atoms with Crippen molar-refractivity contribution in [2.24, 2.45) is 5.41 Å². The predicted octanol–water partition coefficient (Wildman–Crippen LogP) is 0.460. The molecule has 0 heterocycles. The number of rotatable bonds is 4. The highest BCUT2D eigenvalue weighted by molar-refractivity contribution is 4.93. The van der Waals surface area contributed by atoms with Gasteiger partial charge in [0.15, 0.2) is 0 Å². The van der Waals surface area contributed by atoms with Crippen LogP contribution in [0.2, 0.25) is 0 Å². The molecule has 0 aromatic heterocycles. The third kappa shape index (κ3) is 4.77. The molecule has 0 saturated carbocycles. The molecule has 0 radical (unpaired) electrons. The van der Waals surface area contributed by atoms with Crippen molar-refractivity contribution in [3.8, 4) is 6.07 Å². The Labute approximate surface area is 68.2 Å². The summed E-state index contributed by atoms with van der Waals surface area (Å²) in [5.74, 6) is 0. The van der Waals surface area contributed by atoms with Crippen molar-refractivity contribution in [1.29, 1.82) is 5.26 Å². The van der Waals surface area contributed by atoms with E-state index in [4.69, 9.17) is 10.4 Å². The van der Waals surface area contributed by atoms with Crippen LogP contribution in [-0.2, 0) is 0 Å². The zero-order valence-corrected chi connectivity index (χ0v) is 7.46. The molecule has 3 heteroatoms.